The largest absolute Gasteiger partial charge is 0.494 e. The number of hydrogen-bond donors (Lipinski definition) is 2. The van der Waals surface area contributed by atoms with E-state index in [0.717, 1.165) is 30.2 Å². The molecule has 0 aliphatic carbocycles. The monoisotopic (exact) mass is 286 g/mol. The third kappa shape index (κ3) is 4.60. The van der Waals surface area contributed by atoms with Crippen molar-refractivity contribution in [3.8, 4) is 11.5 Å². The van der Waals surface area contributed by atoms with E-state index in [-0.39, 0.29) is 0 Å². The van der Waals surface area contributed by atoms with Crippen LogP contribution in [0.3, 0.4) is 0 Å². The molecule has 0 bridgehead atoms. The maximum atomic E-state index is 6.06. The fourth-order valence-corrected chi connectivity index (χ4v) is 1.98. The van der Waals surface area contributed by atoms with Crippen molar-refractivity contribution in [3.05, 3.63) is 48.5 Å². The van der Waals surface area contributed by atoms with E-state index in [1.807, 2.05) is 55.5 Å². The van der Waals surface area contributed by atoms with Crippen LogP contribution in [0.25, 0.3) is 0 Å². The van der Waals surface area contributed by atoms with Crippen LogP contribution >= 0.6 is 0 Å². The molecule has 0 saturated heterocycles. The Balaban J connectivity index is 1.75. The molecule has 4 heteroatoms. The maximum Gasteiger partial charge on any atom is 0.144 e. The number of hydrogen-bond acceptors (Lipinski definition) is 4. The smallest absolute Gasteiger partial charge is 0.144 e. The molecule has 21 heavy (non-hydrogen) atoms. The fourth-order valence-electron chi connectivity index (χ4n) is 1.98. The molecule has 0 aliphatic rings. The second-order valence-electron chi connectivity index (χ2n) is 4.59. The molecule has 0 atom stereocenters. The van der Waals surface area contributed by atoms with E-state index in [1.165, 1.54) is 0 Å². The van der Waals surface area contributed by atoms with Gasteiger partial charge in [0.05, 0.1) is 24.6 Å². The van der Waals surface area contributed by atoms with Crippen molar-refractivity contribution in [2.75, 3.05) is 30.8 Å². The highest BCUT2D eigenvalue weighted by molar-refractivity contribution is 5.72. The Hall–Kier alpha value is -2.36. The predicted octanol–water partition coefficient (Wildman–Crippen LogP) is 3.55. The highest BCUT2D eigenvalue weighted by Gasteiger charge is 2.04. The molecule has 0 aromatic heterocycles. The lowest BCUT2D eigenvalue weighted by atomic mass is 10.2. The Labute approximate surface area is 125 Å². The lowest BCUT2D eigenvalue weighted by Gasteiger charge is -2.13. The number of para-hydroxylation sites is 2. The number of nitrogens with one attached hydrogen (secondary N) is 1. The van der Waals surface area contributed by atoms with E-state index in [1.54, 1.807) is 0 Å². The summed E-state index contributed by atoms with van der Waals surface area (Å²) in [6, 6.07) is 15.6. The molecule has 0 radical (unpaired) electrons. The topological polar surface area (TPSA) is 56.5 Å². The molecule has 112 valence electrons. The van der Waals surface area contributed by atoms with Gasteiger partial charge in [-0.15, -0.1) is 0 Å². The van der Waals surface area contributed by atoms with Crippen LogP contribution in [0.2, 0.25) is 0 Å². The quantitative estimate of drug-likeness (QED) is 0.575. The highest BCUT2D eigenvalue weighted by atomic mass is 16.5. The SMILES string of the molecule is CCOc1cccc(NCCCOc2ccccc2)c1N. The average Bonchev–Trinajstić information content (AvgIpc) is 2.51. The molecule has 0 spiro atoms. The van der Waals surface area contributed by atoms with E-state index in [0.29, 0.717) is 18.9 Å². The van der Waals surface area contributed by atoms with Crippen molar-refractivity contribution >= 4 is 11.4 Å². The van der Waals surface area contributed by atoms with Crippen LogP contribution in [0.5, 0.6) is 11.5 Å². The van der Waals surface area contributed by atoms with Gasteiger partial charge in [0, 0.05) is 6.54 Å². The minimum atomic E-state index is 0.610. The molecule has 0 saturated carbocycles. The number of benzene rings is 2. The van der Waals surface area contributed by atoms with Crippen LogP contribution < -0.4 is 20.5 Å². The zero-order valence-electron chi connectivity index (χ0n) is 12.3. The summed E-state index contributed by atoms with van der Waals surface area (Å²) in [5, 5.41) is 3.31. The van der Waals surface area contributed by atoms with Crippen molar-refractivity contribution in [1.82, 2.24) is 0 Å². The molecule has 0 amide bonds. The third-order valence-corrected chi connectivity index (χ3v) is 3.01. The molecule has 4 nitrogen and oxygen atoms in total. The molecule has 2 rings (SSSR count). The van der Waals surface area contributed by atoms with Crippen LogP contribution in [-0.4, -0.2) is 19.8 Å². The van der Waals surface area contributed by atoms with Crippen LogP contribution in [0, 0.1) is 0 Å². The van der Waals surface area contributed by atoms with Gasteiger partial charge in [-0.2, -0.15) is 0 Å². The van der Waals surface area contributed by atoms with Gasteiger partial charge < -0.3 is 20.5 Å². The molecule has 0 fully saturated rings. The minimum Gasteiger partial charge on any atom is -0.494 e. The Morgan fingerprint density at radius 2 is 1.81 bits per heavy atom. The molecular weight excluding hydrogens is 264 g/mol. The van der Waals surface area contributed by atoms with Gasteiger partial charge in [-0.1, -0.05) is 24.3 Å². The Bertz CT molecular complexity index is 544. The van der Waals surface area contributed by atoms with E-state index in [4.69, 9.17) is 15.2 Å². The van der Waals surface area contributed by atoms with Crippen LogP contribution in [-0.2, 0) is 0 Å². The zero-order valence-corrected chi connectivity index (χ0v) is 12.3. The Morgan fingerprint density at radius 3 is 2.57 bits per heavy atom. The summed E-state index contributed by atoms with van der Waals surface area (Å²) in [5.74, 6) is 1.62. The number of nitrogens with two attached hydrogens (primary N) is 1. The number of anilines is 2. The second kappa shape index (κ2) is 8.04. The molecule has 3 N–H and O–H groups in total. The van der Waals surface area contributed by atoms with Crippen molar-refractivity contribution < 1.29 is 9.47 Å². The van der Waals surface area contributed by atoms with Gasteiger partial charge >= 0.3 is 0 Å². The van der Waals surface area contributed by atoms with Gasteiger partial charge in [-0.05, 0) is 37.6 Å². The van der Waals surface area contributed by atoms with Crippen LogP contribution in [0.4, 0.5) is 11.4 Å². The Morgan fingerprint density at radius 1 is 1.00 bits per heavy atom. The highest BCUT2D eigenvalue weighted by Crippen LogP contribution is 2.29. The third-order valence-electron chi connectivity index (χ3n) is 3.01. The summed E-state index contributed by atoms with van der Waals surface area (Å²) in [6.07, 6.45) is 0.896. The summed E-state index contributed by atoms with van der Waals surface area (Å²) in [5.41, 5.74) is 7.62. The number of ether oxygens (including phenoxy) is 2. The first-order valence-corrected chi connectivity index (χ1v) is 7.24. The second-order valence-corrected chi connectivity index (χ2v) is 4.59. The van der Waals surface area contributed by atoms with Crippen molar-refractivity contribution in [2.24, 2.45) is 0 Å². The van der Waals surface area contributed by atoms with Crippen molar-refractivity contribution in [3.63, 3.8) is 0 Å². The van der Waals surface area contributed by atoms with Crippen LogP contribution in [0.1, 0.15) is 13.3 Å². The standard InChI is InChI=1S/C17H22N2O2/c1-2-20-16-11-6-10-15(17(16)18)19-12-7-13-21-14-8-4-3-5-9-14/h3-6,8-11,19H,2,7,12-13,18H2,1H3. The van der Waals surface area contributed by atoms with Gasteiger partial charge in [0.1, 0.15) is 11.5 Å². The summed E-state index contributed by atoms with van der Waals surface area (Å²) < 4.78 is 11.1. The molecule has 2 aromatic rings. The predicted molar refractivity (Wildman–Crippen MR) is 87.1 cm³/mol. The average molecular weight is 286 g/mol. The van der Waals surface area contributed by atoms with Crippen LogP contribution in [0.15, 0.2) is 48.5 Å². The fraction of sp³-hybridized carbons (Fsp3) is 0.294. The van der Waals surface area contributed by atoms with Crippen molar-refractivity contribution in [1.29, 1.82) is 0 Å². The first kappa shape index (κ1) is 15.0. The molecule has 0 aliphatic heterocycles. The maximum absolute atomic E-state index is 6.06. The zero-order chi connectivity index (χ0) is 14.9. The van der Waals surface area contributed by atoms with Gasteiger partial charge in [-0.3, -0.25) is 0 Å². The van der Waals surface area contributed by atoms with Gasteiger partial charge in [0.15, 0.2) is 0 Å². The van der Waals surface area contributed by atoms with E-state index in [2.05, 4.69) is 5.32 Å². The lowest BCUT2D eigenvalue weighted by molar-refractivity contribution is 0.315. The first-order chi connectivity index (χ1) is 10.3. The molecule has 0 heterocycles. The molecular formula is C17H22N2O2. The van der Waals surface area contributed by atoms with E-state index < -0.39 is 0 Å². The summed E-state index contributed by atoms with van der Waals surface area (Å²) in [7, 11) is 0. The summed E-state index contributed by atoms with van der Waals surface area (Å²) in [4.78, 5) is 0. The van der Waals surface area contributed by atoms with Gasteiger partial charge in [0.25, 0.3) is 0 Å². The van der Waals surface area contributed by atoms with Gasteiger partial charge in [0.2, 0.25) is 0 Å². The summed E-state index contributed by atoms with van der Waals surface area (Å²) in [6.45, 7) is 4.02. The number of rotatable bonds is 8. The van der Waals surface area contributed by atoms with E-state index >= 15 is 0 Å². The Kier molecular flexibility index (Phi) is 5.76. The van der Waals surface area contributed by atoms with Gasteiger partial charge in [-0.25, -0.2) is 0 Å². The normalized spacial score (nSPS) is 10.1. The molecule has 0 unspecified atom stereocenters. The first-order valence-electron chi connectivity index (χ1n) is 7.24. The summed E-state index contributed by atoms with van der Waals surface area (Å²) >= 11 is 0. The lowest BCUT2D eigenvalue weighted by Crippen LogP contribution is -2.09. The van der Waals surface area contributed by atoms with Crippen molar-refractivity contribution in [2.45, 2.75) is 13.3 Å². The number of nitrogen functional groups attached to an aromatic ring is 1. The van der Waals surface area contributed by atoms with E-state index in [9.17, 15) is 0 Å². The minimum absolute atomic E-state index is 0.610. The molecule has 2 aromatic carbocycles.